The normalized spacial score (nSPS) is 19.2. The van der Waals surface area contributed by atoms with Crippen molar-refractivity contribution >= 4 is 17.8 Å². The molecule has 3 heterocycles. The lowest BCUT2D eigenvalue weighted by molar-refractivity contribution is -0.135. The van der Waals surface area contributed by atoms with Crippen LogP contribution in [0.1, 0.15) is 17.4 Å². The average Bonchev–Trinajstić information content (AvgIpc) is 2.73. The van der Waals surface area contributed by atoms with Crippen molar-refractivity contribution in [1.82, 2.24) is 9.88 Å². The summed E-state index contributed by atoms with van der Waals surface area (Å²) in [6.45, 7) is 1.84. The van der Waals surface area contributed by atoms with Gasteiger partial charge < -0.3 is 19.7 Å². The van der Waals surface area contributed by atoms with E-state index >= 15 is 0 Å². The number of para-hydroxylation sites is 1. The van der Waals surface area contributed by atoms with Crippen LogP contribution in [0.3, 0.4) is 0 Å². The van der Waals surface area contributed by atoms with E-state index in [0.29, 0.717) is 31.9 Å². The third kappa shape index (κ3) is 3.28. The fraction of sp³-hybridized carbons (Fsp3) is 0.300. The summed E-state index contributed by atoms with van der Waals surface area (Å²) in [6, 6.07) is 13.5. The topological polar surface area (TPSA) is 63.7 Å². The second-order valence-electron chi connectivity index (χ2n) is 6.30. The van der Waals surface area contributed by atoms with Crippen LogP contribution in [0, 0.1) is 0 Å². The van der Waals surface area contributed by atoms with Gasteiger partial charge >= 0.3 is 0 Å². The molecule has 0 bridgehead atoms. The van der Waals surface area contributed by atoms with Crippen molar-refractivity contribution in [3.05, 3.63) is 59.3 Å². The van der Waals surface area contributed by atoms with E-state index in [1.54, 1.807) is 0 Å². The molecule has 1 unspecified atom stereocenters. The summed E-state index contributed by atoms with van der Waals surface area (Å²) in [6.07, 6.45) is 1.70. The van der Waals surface area contributed by atoms with Gasteiger partial charge in [-0.3, -0.25) is 4.79 Å². The molecule has 1 N–H and O–H groups in total. The quantitative estimate of drug-likeness (QED) is 0.920. The van der Waals surface area contributed by atoms with E-state index in [2.05, 4.69) is 10.3 Å². The molecule has 1 aromatic heterocycles. The fourth-order valence-electron chi connectivity index (χ4n) is 3.23. The number of pyridine rings is 1. The first-order valence-electron chi connectivity index (χ1n) is 8.72. The van der Waals surface area contributed by atoms with Crippen molar-refractivity contribution < 1.29 is 14.3 Å². The van der Waals surface area contributed by atoms with Crippen molar-refractivity contribution in [2.24, 2.45) is 0 Å². The molecule has 0 spiro atoms. The van der Waals surface area contributed by atoms with Crippen molar-refractivity contribution in [1.29, 1.82) is 0 Å². The lowest BCUT2D eigenvalue weighted by atomic mass is 10.1. The number of hydrogen-bond acceptors (Lipinski definition) is 5. The zero-order valence-electron chi connectivity index (χ0n) is 14.6. The molecule has 1 aromatic carbocycles. The minimum absolute atomic E-state index is 0.00225. The van der Waals surface area contributed by atoms with Crippen molar-refractivity contribution in [3.63, 3.8) is 0 Å². The number of carbonyl (C=O) groups excluding carboxylic acids is 1. The Bertz CT molecular complexity index is 850. The Morgan fingerprint density at radius 3 is 3.00 bits per heavy atom. The Morgan fingerprint density at radius 1 is 1.23 bits per heavy atom. The predicted octanol–water partition coefficient (Wildman–Crippen LogP) is 2.50. The number of amides is 1. The first-order chi connectivity index (χ1) is 12.7. The first-order valence-corrected chi connectivity index (χ1v) is 8.72. The molecule has 2 aliphatic rings. The molecule has 134 valence electrons. The lowest BCUT2D eigenvalue weighted by Gasteiger charge is -2.33. The van der Waals surface area contributed by atoms with E-state index in [9.17, 15) is 4.79 Å². The van der Waals surface area contributed by atoms with Crippen LogP contribution in [0.2, 0.25) is 0 Å². The highest BCUT2D eigenvalue weighted by molar-refractivity contribution is 5.99. The number of nitrogens with one attached hydrogen (secondary N) is 1. The third-order valence-corrected chi connectivity index (χ3v) is 4.62. The maximum absolute atomic E-state index is 13.0. The van der Waals surface area contributed by atoms with Crippen LogP contribution < -0.4 is 10.1 Å². The zero-order chi connectivity index (χ0) is 17.9. The molecule has 26 heavy (non-hydrogen) atoms. The first kappa shape index (κ1) is 16.6. The fourth-order valence-corrected chi connectivity index (χ4v) is 3.23. The number of morpholine rings is 1. The average molecular weight is 351 g/mol. The molecule has 1 saturated heterocycles. The van der Waals surface area contributed by atoms with Crippen LogP contribution in [0.25, 0.3) is 6.08 Å². The molecule has 2 aliphatic heterocycles. The highest BCUT2D eigenvalue weighted by Gasteiger charge is 2.29. The van der Waals surface area contributed by atoms with E-state index in [-0.39, 0.29) is 12.0 Å². The van der Waals surface area contributed by atoms with Crippen LogP contribution in [0.4, 0.5) is 5.82 Å². The molecule has 0 radical (unpaired) electrons. The molecule has 0 saturated carbocycles. The van der Waals surface area contributed by atoms with Crippen LogP contribution >= 0.6 is 0 Å². The number of carbonyl (C=O) groups is 1. The van der Waals surface area contributed by atoms with Crippen LogP contribution in [-0.4, -0.2) is 49.1 Å². The minimum Gasteiger partial charge on any atom is -0.488 e. The summed E-state index contributed by atoms with van der Waals surface area (Å²) >= 11 is 0. The molecule has 1 atom stereocenters. The van der Waals surface area contributed by atoms with Gasteiger partial charge in [-0.15, -0.1) is 0 Å². The summed E-state index contributed by atoms with van der Waals surface area (Å²) in [5.74, 6) is 1.60. The van der Waals surface area contributed by atoms with Crippen molar-refractivity contribution in [3.8, 4) is 5.75 Å². The largest absolute Gasteiger partial charge is 0.488 e. The number of fused-ring (bicyclic) bond motifs is 1. The third-order valence-electron chi connectivity index (χ3n) is 4.62. The summed E-state index contributed by atoms with van der Waals surface area (Å²) in [7, 11) is 1.83. The SMILES string of the molecule is CNc1cccc(C2CN(C(=O)C3=Cc4ccccc4OC3)CCO2)n1. The summed E-state index contributed by atoms with van der Waals surface area (Å²) < 4.78 is 11.6. The molecule has 6 heteroatoms. The number of anilines is 1. The van der Waals surface area contributed by atoms with E-state index in [1.165, 1.54) is 0 Å². The van der Waals surface area contributed by atoms with Crippen LogP contribution in [-0.2, 0) is 9.53 Å². The van der Waals surface area contributed by atoms with E-state index < -0.39 is 0 Å². The van der Waals surface area contributed by atoms with Gasteiger partial charge in [0.25, 0.3) is 5.91 Å². The number of ether oxygens (including phenoxy) is 2. The van der Waals surface area contributed by atoms with Gasteiger partial charge in [0.1, 0.15) is 24.3 Å². The molecule has 4 rings (SSSR count). The molecule has 0 aliphatic carbocycles. The number of aromatic nitrogens is 1. The Morgan fingerprint density at radius 2 is 2.12 bits per heavy atom. The van der Waals surface area contributed by atoms with Gasteiger partial charge in [-0.1, -0.05) is 24.3 Å². The summed E-state index contributed by atoms with van der Waals surface area (Å²) in [4.78, 5) is 19.3. The Hall–Kier alpha value is -2.86. The van der Waals surface area contributed by atoms with Crippen molar-refractivity contribution in [2.75, 3.05) is 38.7 Å². The molecular weight excluding hydrogens is 330 g/mol. The van der Waals surface area contributed by atoms with E-state index in [0.717, 1.165) is 22.8 Å². The standard InChI is InChI=1S/C20H21N3O3/c1-21-19-8-4-6-16(22-19)18-12-23(9-10-25-18)20(24)15-11-14-5-2-3-7-17(14)26-13-15/h2-8,11,18H,9-10,12-13H2,1H3,(H,21,22). The Kier molecular flexibility index (Phi) is 4.58. The van der Waals surface area contributed by atoms with E-state index in [1.807, 2.05) is 60.5 Å². The monoisotopic (exact) mass is 351 g/mol. The Labute approximate surface area is 152 Å². The molecular formula is C20H21N3O3. The predicted molar refractivity (Wildman–Crippen MR) is 99.0 cm³/mol. The number of rotatable bonds is 3. The zero-order valence-corrected chi connectivity index (χ0v) is 14.6. The van der Waals surface area contributed by atoms with Gasteiger partial charge in [0.05, 0.1) is 24.4 Å². The van der Waals surface area contributed by atoms with E-state index in [4.69, 9.17) is 9.47 Å². The second-order valence-corrected chi connectivity index (χ2v) is 6.30. The molecule has 6 nitrogen and oxygen atoms in total. The van der Waals surface area contributed by atoms with Gasteiger partial charge in [-0.2, -0.15) is 0 Å². The highest BCUT2D eigenvalue weighted by Crippen LogP contribution is 2.28. The maximum atomic E-state index is 13.0. The van der Waals surface area contributed by atoms with Gasteiger partial charge in [0.15, 0.2) is 0 Å². The second kappa shape index (κ2) is 7.17. The van der Waals surface area contributed by atoms with Gasteiger partial charge in [-0.25, -0.2) is 4.98 Å². The molecule has 1 fully saturated rings. The molecule has 2 aromatic rings. The number of hydrogen-bond donors (Lipinski definition) is 1. The highest BCUT2D eigenvalue weighted by atomic mass is 16.5. The molecule has 1 amide bonds. The maximum Gasteiger partial charge on any atom is 0.253 e. The summed E-state index contributed by atoms with van der Waals surface area (Å²) in [5, 5.41) is 3.03. The smallest absolute Gasteiger partial charge is 0.253 e. The Balaban J connectivity index is 1.51. The number of nitrogens with zero attached hydrogens (tertiary/aromatic N) is 2. The van der Waals surface area contributed by atoms with Gasteiger partial charge in [-0.05, 0) is 24.3 Å². The van der Waals surface area contributed by atoms with Crippen molar-refractivity contribution in [2.45, 2.75) is 6.10 Å². The van der Waals surface area contributed by atoms with Crippen LogP contribution in [0.5, 0.6) is 5.75 Å². The van der Waals surface area contributed by atoms with Gasteiger partial charge in [0.2, 0.25) is 0 Å². The number of benzene rings is 1. The van der Waals surface area contributed by atoms with Crippen LogP contribution in [0.15, 0.2) is 48.0 Å². The minimum atomic E-state index is -0.224. The lowest BCUT2D eigenvalue weighted by Crippen LogP contribution is -2.44. The summed E-state index contributed by atoms with van der Waals surface area (Å²) in [5.41, 5.74) is 2.44. The van der Waals surface area contributed by atoms with Gasteiger partial charge in [0, 0.05) is 19.2 Å².